The predicted molar refractivity (Wildman–Crippen MR) is 33.2 cm³/mol. The van der Waals surface area contributed by atoms with Crippen molar-refractivity contribution >= 4 is 0 Å². The lowest BCUT2D eigenvalue weighted by Gasteiger charge is -2.32. The zero-order valence-corrected chi connectivity index (χ0v) is 5.77. The molecule has 0 aromatic rings. The van der Waals surface area contributed by atoms with Crippen molar-refractivity contribution in [2.45, 2.75) is 37.9 Å². The highest BCUT2D eigenvalue weighted by Gasteiger charge is 2.32. The summed E-state index contributed by atoms with van der Waals surface area (Å²) in [6.45, 7) is 1.65. The molecule has 4 unspecified atom stereocenters. The van der Waals surface area contributed by atoms with Crippen LogP contribution in [0.3, 0.4) is 0 Å². The molecule has 3 N–H and O–H groups in total. The SMILES string of the molecule is CC1OC(O)C(O)CC1O. The van der Waals surface area contributed by atoms with E-state index in [2.05, 4.69) is 0 Å². The number of hydrogen-bond acceptors (Lipinski definition) is 4. The van der Waals surface area contributed by atoms with Crippen molar-refractivity contribution in [3.63, 3.8) is 0 Å². The van der Waals surface area contributed by atoms with E-state index in [1.54, 1.807) is 6.92 Å². The maximum atomic E-state index is 9.07. The number of hydrogen-bond donors (Lipinski definition) is 3. The molecule has 0 saturated carbocycles. The Labute approximate surface area is 59.1 Å². The van der Waals surface area contributed by atoms with Gasteiger partial charge in [-0.1, -0.05) is 0 Å². The third-order valence-electron chi connectivity index (χ3n) is 1.71. The van der Waals surface area contributed by atoms with Crippen LogP contribution in [0.15, 0.2) is 0 Å². The standard InChI is InChI=1S/C6H12O4/c1-3-4(7)2-5(8)6(9)10-3/h3-9H,2H2,1H3. The summed E-state index contributed by atoms with van der Waals surface area (Å²) in [6, 6.07) is 0. The van der Waals surface area contributed by atoms with Gasteiger partial charge in [-0.25, -0.2) is 0 Å². The lowest BCUT2D eigenvalue weighted by Crippen LogP contribution is -2.45. The Kier molecular flexibility index (Phi) is 2.25. The smallest absolute Gasteiger partial charge is 0.181 e. The van der Waals surface area contributed by atoms with E-state index in [1.165, 1.54) is 0 Å². The number of aliphatic hydroxyl groups is 3. The van der Waals surface area contributed by atoms with Crippen LogP contribution in [0.4, 0.5) is 0 Å². The minimum atomic E-state index is -1.14. The fourth-order valence-corrected chi connectivity index (χ4v) is 0.957. The summed E-state index contributed by atoms with van der Waals surface area (Å²) in [4.78, 5) is 0. The minimum absolute atomic E-state index is 0.183. The Hall–Kier alpha value is -0.160. The van der Waals surface area contributed by atoms with Crippen LogP contribution in [0, 0.1) is 0 Å². The molecule has 0 spiro atoms. The molecule has 0 aliphatic carbocycles. The fraction of sp³-hybridized carbons (Fsp3) is 1.00. The molecule has 4 heteroatoms. The molecule has 4 atom stereocenters. The second kappa shape index (κ2) is 2.84. The van der Waals surface area contributed by atoms with Crippen molar-refractivity contribution in [1.82, 2.24) is 0 Å². The molecule has 0 radical (unpaired) electrons. The first-order valence-corrected chi connectivity index (χ1v) is 3.31. The Bertz CT molecular complexity index is 90.3. The largest absolute Gasteiger partial charge is 0.390 e. The summed E-state index contributed by atoms with van der Waals surface area (Å²) >= 11 is 0. The molecule has 1 saturated heterocycles. The van der Waals surface area contributed by atoms with E-state index >= 15 is 0 Å². The average molecular weight is 148 g/mol. The van der Waals surface area contributed by atoms with E-state index in [0.29, 0.717) is 0 Å². The van der Waals surface area contributed by atoms with Gasteiger partial charge in [0.25, 0.3) is 0 Å². The molecule has 0 aromatic heterocycles. The fourth-order valence-electron chi connectivity index (χ4n) is 0.957. The monoisotopic (exact) mass is 148 g/mol. The molecule has 0 bridgehead atoms. The molecule has 1 aliphatic heterocycles. The van der Waals surface area contributed by atoms with Gasteiger partial charge in [0.2, 0.25) is 0 Å². The molecule has 1 aliphatic rings. The molecule has 1 heterocycles. The van der Waals surface area contributed by atoms with E-state index < -0.39 is 24.6 Å². The highest BCUT2D eigenvalue weighted by Crippen LogP contribution is 2.17. The number of rotatable bonds is 0. The Balaban J connectivity index is 2.46. The van der Waals surface area contributed by atoms with Gasteiger partial charge < -0.3 is 20.1 Å². The van der Waals surface area contributed by atoms with Crippen molar-refractivity contribution < 1.29 is 20.1 Å². The molecular weight excluding hydrogens is 136 g/mol. The van der Waals surface area contributed by atoms with Crippen molar-refractivity contribution in [3.8, 4) is 0 Å². The van der Waals surface area contributed by atoms with Gasteiger partial charge in [-0.2, -0.15) is 0 Å². The zero-order chi connectivity index (χ0) is 7.72. The van der Waals surface area contributed by atoms with E-state index in [-0.39, 0.29) is 6.42 Å². The Morgan fingerprint density at radius 2 is 1.80 bits per heavy atom. The summed E-state index contributed by atoms with van der Waals surface area (Å²) in [5.74, 6) is 0. The summed E-state index contributed by atoms with van der Waals surface area (Å²) in [6.07, 6.45) is -2.97. The van der Waals surface area contributed by atoms with Gasteiger partial charge in [0.1, 0.15) is 6.10 Å². The lowest BCUT2D eigenvalue weighted by atomic mass is 10.0. The van der Waals surface area contributed by atoms with Crippen LogP contribution in [0.1, 0.15) is 13.3 Å². The third-order valence-corrected chi connectivity index (χ3v) is 1.71. The topological polar surface area (TPSA) is 69.9 Å². The first-order chi connectivity index (χ1) is 4.61. The number of aliphatic hydroxyl groups excluding tert-OH is 3. The normalized spacial score (nSPS) is 49.2. The van der Waals surface area contributed by atoms with Gasteiger partial charge in [0.15, 0.2) is 6.29 Å². The van der Waals surface area contributed by atoms with Gasteiger partial charge in [-0.3, -0.25) is 0 Å². The quantitative estimate of drug-likeness (QED) is 0.405. The predicted octanol–water partition coefficient (Wildman–Crippen LogP) is -1.16. The van der Waals surface area contributed by atoms with Crippen LogP contribution in [-0.2, 0) is 4.74 Å². The van der Waals surface area contributed by atoms with Gasteiger partial charge in [0, 0.05) is 6.42 Å². The molecule has 60 valence electrons. The van der Waals surface area contributed by atoms with Crippen LogP contribution >= 0.6 is 0 Å². The van der Waals surface area contributed by atoms with E-state index in [1.807, 2.05) is 0 Å². The van der Waals surface area contributed by atoms with E-state index in [9.17, 15) is 0 Å². The summed E-state index contributed by atoms with van der Waals surface area (Å²) in [5.41, 5.74) is 0. The zero-order valence-electron chi connectivity index (χ0n) is 5.77. The molecule has 1 fully saturated rings. The van der Waals surface area contributed by atoms with Gasteiger partial charge in [0.05, 0.1) is 12.2 Å². The molecule has 4 nitrogen and oxygen atoms in total. The second-order valence-electron chi connectivity index (χ2n) is 2.60. The summed E-state index contributed by atoms with van der Waals surface area (Å²) < 4.78 is 4.77. The van der Waals surface area contributed by atoms with Crippen molar-refractivity contribution in [3.05, 3.63) is 0 Å². The van der Waals surface area contributed by atoms with Crippen LogP contribution in [0.2, 0.25) is 0 Å². The van der Waals surface area contributed by atoms with Crippen LogP contribution in [-0.4, -0.2) is 39.9 Å². The minimum Gasteiger partial charge on any atom is -0.390 e. The van der Waals surface area contributed by atoms with Gasteiger partial charge in [-0.15, -0.1) is 0 Å². The number of ether oxygens (including phenoxy) is 1. The van der Waals surface area contributed by atoms with E-state index in [0.717, 1.165) is 0 Å². The van der Waals surface area contributed by atoms with Gasteiger partial charge >= 0.3 is 0 Å². The van der Waals surface area contributed by atoms with Crippen molar-refractivity contribution in [2.75, 3.05) is 0 Å². The summed E-state index contributed by atoms with van der Waals surface area (Å²) in [5, 5.41) is 26.9. The molecule has 1 rings (SSSR count). The Morgan fingerprint density at radius 1 is 1.20 bits per heavy atom. The van der Waals surface area contributed by atoms with Crippen LogP contribution in [0.5, 0.6) is 0 Å². The summed E-state index contributed by atoms with van der Waals surface area (Å²) in [7, 11) is 0. The third kappa shape index (κ3) is 1.46. The lowest BCUT2D eigenvalue weighted by molar-refractivity contribution is -0.240. The Morgan fingerprint density at radius 3 is 2.30 bits per heavy atom. The van der Waals surface area contributed by atoms with Crippen LogP contribution < -0.4 is 0 Å². The van der Waals surface area contributed by atoms with Crippen molar-refractivity contribution in [2.24, 2.45) is 0 Å². The molecule has 0 amide bonds. The molecular formula is C6H12O4. The van der Waals surface area contributed by atoms with E-state index in [4.69, 9.17) is 20.1 Å². The average Bonchev–Trinajstić information content (AvgIpc) is 1.84. The highest BCUT2D eigenvalue weighted by molar-refractivity contribution is 4.76. The molecule has 0 aromatic carbocycles. The highest BCUT2D eigenvalue weighted by atomic mass is 16.6. The van der Waals surface area contributed by atoms with Gasteiger partial charge in [-0.05, 0) is 6.92 Å². The maximum absolute atomic E-state index is 9.07. The van der Waals surface area contributed by atoms with Crippen molar-refractivity contribution in [1.29, 1.82) is 0 Å². The first-order valence-electron chi connectivity index (χ1n) is 3.31. The second-order valence-corrected chi connectivity index (χ2v) is 2.60. The van der Waals surface area contributed by atoms with Crippen LogP contribution in [0.25, 0.3) is 0 Å². The maximum Gasteiger partial charge on any atom is 0.181 e. The first kappa shape index (κ1) is 7.94. The molecule has 10 heavy (non-hydrogen) atoms.